The van der Waals surface area contributed by atoms with E-state index in [1.807, 2.05) is 6.92 Å². The Morgan fingerprint density at radius 3 is 1.50 bits per heavy atom. The van der Waals surface area contributed by atoms with Gasteiger partial charge in [0.15, 0.2) is 0 Å². The number of ether oxygens (including phenoxy) is 1. The number of hydrogen-bond donors (Lipinski definition) is 1. The summed E-state index contributed by atoms with van der Waals surface area (Å²) in [5, 5.41) is 7.42. The lowest BCUT2D eigenvalue weighted by atomic mass is 10.1. The van der Waals surface area contributed by atoms with E-state index in [0.717, 1.165) is 13.3 Å². The maximum absolute atomic E-state index is 11.1. The first-order valence-electron chi connectivity index (χ1n) is 8.89. The number of rotatable bonds is 13. The molecule has 0 spiro atoms. The van der Waals surface area contributed by atoms with Crippen LogP contribution in [-0.2, 0) is 14.3 Å². The van der Waals surface area contributed by atoms with Gasteiger partial charge in [0.2, 0.25) is 0 Å². The average molecular weight is 316 g/mol. The predicted molar refractivity (Wildman–Crippen MR) is 91.0 cm³/mol. The summed E-state index contributed by atoms with van der Waals surface area (Å²) < 4.78 is 4.89. The lowest BCUT2D eigenvalue weighted by Gasteiger charge is -2.03. The number of carboxylic acids is 1. The summed E-state index contributed by atoms with van der Waals surface area (Å²) in [5.41, 5.74) is 0. The molecule has 22 heavy (non-hydrogen) atoms. The smallest absolute Gasteiger partial charge is 0.305 e. The van der Waals surface area contributed by atoms with Crippen molar-refractivity contribution in [2.75, 3.05) is 6.61 Å². The summed E-state index contributed by atoms with van der Waals surface area (Å²) >= 11 is 0. The maximum atomic E-state index is 11.1. The normalized spacial score (nSPS) is 9.77. The van der Waals surface area contributed by atoms with Gasteiger partial charge in [-0.25, -0.2) is 0 Å². The summed E-state index contributed by atoms with van der Waals surface area (Å²) in [4.78, 5) is 20.1. The molecule has 0 aromatic heterocycles. The lowest BCUT2D eigenvalue weighted by Crippen LogP contribution is -2.03. The van der Waals surface area contributed by atoms with Gasteiger partial charge in [0.1, 0.15) is 0 Å². The molecule has 0 rings (SSSR count). The van der Waals surface area contributed by atoms with Crippen LogP contribution in [0.15, 0.2) is 0 Å². The number of carbonyl (C=O) groups excluding carboxylic acids is 1. The SMILES string of the molecule is CC(=O)O.CCCCCCCCCCCCCC(=O)OCC. The van der Waals surface area contributed by atoms with Gasteiger partial charge in [0.25, 0.3) is 5.97 Å². The van der Waals surface area contributed by atoms with Crippen molar-refractivity contribution < 1.29 is 19.4 Å². The van der Waals surface area contributed by atoms with Crippen molar-refractivity contribution in [3.8, 4) is 0 Å². The van der Waals surface area contributed by atoms with E-state index in [1.54, 1.807) is 0 Å². The molecular weight excluding hydrogens is 280 g/mol. The predicted octanol–water partition coefficient (Wildman–Crippen LogP) is 5.34. The minimum atomic E-state index is -0.833. The van der Waals surface area contributed by atoms with Gasteiger partial charge in [-0.2, -0.15) is 0 Å². The van der Waals surface area contributed by atoms with Crippen molar-refractivity contribution in [2.45, 2.75) is 97.8 Å². The molecule has 132 valence electrons. The second kappa shape index (κ2) is 19.9. The van der Waals surface area contributed by atoms with Gasteiger partial charge in [-0.1, -0.05) is 71.1 Å². The molecular formula is C18H36O4. The molecule has 0 bridgehead atoms. The summed E-state index contributed by atoms with van der Waals surface area (Å²) in [6, 6.07) is 0. The van der Waals surface area contributed by atoms with Crippen LogP contribution in [0.4, 0.5) is 0 Å². The van der Waals surface area contributed by atoms with Crippen molar-refractivity contribution in [1.29, 1.82) is 0 Å². The number of aliphatic carboxylic acids is 1. The zero-order valence-electron chi connectivity index (χ0n) is 14.9. The van der Waals surface area contributed by atoms with E-state index in [4.69, 9.17) is 14.6 Å². The number of unbranched alkanes of at least 4 members (excludes halogenated alkanes) is 10. The second-order valence-electron chi connectivity index (χ2n) is 5.61. The van der Waals surface area contributed by atoms with E-state index in [-0.39, 0.29) is 5.97 Å². The Balaban J connectivity index is 0. The molecule has 4 nitrogen and oxygen atoms in total. The van der Waals surface area contributed by atoms with Crippen LogP contribution < -0.4 is 0 Å². The third-order valence-electron chi connectivity index (χ3n) is 3.29. The standard InChI is InChI=1S/C16H32O2.C2H4O2/c1-3-5-6-7-8-9-10-11-12-13-14-15-16(17)18-4-2;1-2(3)4/h3-15H2,1-2H3;1H3,(H,3,4). The first kappa shape index (κ1) is 23.2. The first-order chi connectivity index (χ1) is 10.5. The van der Waals surface area contributed by atoms with Crippen molar-refractivity contribution in [1.82, 2.24) is 0 Å². The van der Waals surface area contributed by atoms with Gasteiger partial charge in [-0.15, -0.1) is 0 Å². The molecule has 0 radical (unpaired) electrons. The highest BCUT2D eigenvalue weighted by atomic mass is 16.5. The lowest BCUT2D eigenvalue weighted by molar-refractivity contribution is -0.143. The van der Waals surface area contributed by atoms with Crippen molar-refractivity contribution >= 4 is 11.9 Å². The first-order valence-corrected chi connectivity index (χ1v) is 8.89. The quantitative estimate of drug-likeness (QED) is 0.368. The van der Waals surface area contributed by atoms with Crippen LogP contribution >= 0.6 is 0 Å². The minimum absolute atomic E-state index is 0.0339. The largest absolute Gasteiger partial charge is 0.481 e. The number of hydrogen-bond acceptors (Lipinski definition) is 3. The Morgan fingerprint density at radius 1 is 0.773 bits per heavy atom. The molecule has 1 N–H and O–H groups in total. The molecule has 4 heteroatoms. The van der Waals surface area contributed by atoms with Crippen molar-refractivity contribution in [2.24, 2.45) is 0 Å². The van der Waals surface area contributed by atoms with Gasteiger partial charge >= 0.3 is 5.97 Å². The second-order valence-corrected chi connectivity index (χ2v) is 5.61. The van der Waals surface area contributed by atoms with Gasteiger partial charge < -0.3 is 9.84 Å². The van der Waals surface area contributed by atoms with Gasteiger partial charge in [0, 0.05) is 13.3 Å². The highest BCUT2D eigenvalue weighted by Crippen LogP contribution is 2.11. The van der Waals surface area contributed by atoms with Gasteiger partial charge in [0.05, 0.1) is 6.61 Å². The molecule has 0 fully saturated rings. The Hall–Kier alpha value is -1.06. The van der Waals surface area contributed by atoms with Crippen LogP contribution in [0.1, 0.15) is 97.8 Å². The van der Waals surface area contributed by atoms with E-state index in [2.05, 4.69) is 6.92 Å². The molecule has 0 atom stereocenters. The number of carboxylic acid groups (broad SMARTS) is 1. The molecule has 0 aliphatic rings. The molecule has 0 heterocycles. The molecule has 0 amide bonds. The molecule has 0 saturated heterocycles. The van der Waals surface area contributed by atoms with Crippen molar-refractivity contribution in [3.63, 3.8) is 0 Å². The average Bonchev–Trinajstić information content (AvgIpc) is 2.44. The molecule has 0 unspecified atom stereocenters. The molecule has 0 aromatic carbocycles. The number of carbonyl (C=O) groups is 2. The Kier molecular flexibility index (Phi) is 21.0. The monoisotopic (exact) mass is 316 g/mol. The fraction of sp³-hybridized carbons (Fsp3) is 0.889. The highest BCUT2D eigenvalue weighted by Gasteiger charge is 2.00. The van der Waals surface area contributed by atoms with E-state index in [0.29, 0.717) is 13.0 Å². The zero-order valence-corrected chi connectivity index (χ0v) is 14.9. The molecule has 0 saturated carbocycles. The van der Waals surface area contributed by atoms with Gasteiger partial charge in [-0.3, -0.25) is 9.59 Å². The Labute approximate surface area is 136 Å². The van der Waals surface area contributed by atoms with Crippen LogP contribution in [0.3, 0.4) is 0 Å². The maximum Gasteiger partial charge on any atom is 0.305 e. The molecule has 0 aliphatic heterocycles. The fourth-order valence-electron chi connectivity index (χ4n) is 2.17. The summed E-state index contributed by atoms with van der Waals surface area (Å²) in [6.45, 7) is 5.71. The molecule has 0 aromatic rings. The highest BCUT2D eigenvalue weighted by molar-refractivity contribution is 5.69. The van der Waals surface area contributed by atoms with E-state index < -0.39 is 5.97 Å². The Bertz CT molecular complexity index is 247. The van der Waals surface area contributed by atoms with Gasteiger partial charge in [-0.05, 0) is 13.3 Å². The summed E-state index contributed by atoms with van der Waals surface area (Å²) in [6.07, 6.45) is 15.1. The Morgan fingerprint density at radius 2 is 1.14 bits per heavy atom. The summed E-state index contributed by atoms with van der Waals surface area (Å²) in [7, 11) is 0. The molecule has 0 aliphatic carbocycles. The third kappa shape index (κ3) is 27.3. The fourth-order valence-corrected chi connectivity index (χ4v) is 2.17. The summed E-state index contributed by atoms with van der Waals surface area (Å²) in [5.74, 6) is -0.867. The zero-order chi connectivity index (χ0) is 17.1. The third-order valence-corrected chi connectivity index (χ3v) is 3.29. The van der Waals surface area contributed by atoms with E-state index >= 15 is 0 Å². The minimum Gasteiger partial charge on any atom is -0.481 e. The van der Waals surface area contributed by atoms with Crippen LogP contribution in [0.25, 0.3) is 0 Å². The van der Waals surface area contributed by atoms with Crippen LogP contribution in [-0.4, -0.2) is 23.7 Å². The topological polar surface area (TPSA) is 63.6 Å². The van der Waals surface area contributed by atoms with Crippen LogP contribution in [0.5, 0.6) is 0 Å². The van der Waals surface area contributed by atoms with Crippen molar-refractivity contribution in [3.05, 3.63) is 0 Å². The van der Waals surface area contributed by atoms with E-state index in [1.165, 1.54) is 64.2 Å². The van der Waals surface area contributed by atoms with Crippen LogP contribution in [0, 0.1) is 0 Å². The van der Waals surface area contributed by atoms with E-state index in [9.17, 15) is 4.79 Å². The van der Waals surface area contributed by atoms with Crippen LogP contribution in [0.2, 0.25) is 0 Å². The number of esters is 1.